The molecule has 0 radical (unpaired) electrons. The summed E-state index contributed by atoms with van der Waals surface area (Å²) in [6.45, 7) is 5.92. The van der Waals surface area contributed by atoms with Gasteiger partial charge in [0.1, 0.15) is 5.60 Å². The van der Waals surface area contributed by atoms with Crippen molar-refractivity contribution < 1.29 is 22.7 Å². The number of ether oxygens (including phenoxy) is 1. The number of aromatic nitrogens is 2. The molecule has 0 spiro atoms. The number of nitrogens with zero attached hydrogens (tertiary/aromatic N) is 1. The molecule has 110 valence electrons. The molecule has 20 heavy (non-hydrogen) atoms. The SMILES string of the molecule is CC(C)(C)OC=O.FC(F)(F)c1n[nH]c2ccccc12. The Morgan fingerprint density at radius 3 is 2.25 bits per heavy atom. The summed E-state index contributed by atoms with van der Waals surface area (Å²) in [6.07, 6.45) is -4.39. The third-order valence-corrected chi connectivity index (χ3v) is 2.14. The fourth-order valence-electron chi connectivity index (χ4n) is 1.32. The van der Waals surface area contributed by atoms with Crippen LogP contribution in [0.5, 0.6) is 0 Å². The van der Waals surface area contributed by atoms with Crippen LogP contribution in [0, 0.1) is 0 Å². The molecule has 0 amide bonds. The number of benzene rings is 1. The number of alkyl halides is 3. The number of nitrogens with one attached hydrogen (secondary N) is 1. The summed E-state index contributed by atoms with van der Waals surface area (Å²) < 4.78 is 41.4. The minimum atomic E-state index is -4.39. The summed E-state index contributed by atoms with van der Waals surface area (Å²) in [4.78, 5) is 9.60. The molecule has 7 heteroatoms. The Bertz CT molecular complexity index is 571. The van der Waals surface area contributed by atoms with E-state index in [-0.39, 0.29) is 11.0 Å². The molecule has 1 N–H and O–H groups in total. The molecule has 0 atom stereocenters. The topological polar surface area (TPSA) is 55.0 Å². The maximum absolute atomic E-state index is 12.3. The number of carbonyl (C=O) groups is 1. The molecule has 0 bridgehead atoms. The molecule has 0 aliphatic heterocycles. The Hall–Kier alpha value is -2.05. The Labute approximate surface area is 113 Å². The van der Waals surface area contributed by atoms with Crippen molar-refractivity contribution >= 4 is 17.4 Å². The highest BCUT2D eigenvalue weighted by Gasteiger charge is 2.35. The first-order chi connectivity index (χ1) is 9.15. The zero-order valence-corrected chi connectivity index (χ0v) is 11.3. The molecule has 1 aromatic carbocycles. The average Bonchev–Trinajstić information content (AvgIpc) is 2.71. The Kier molecular flexibility index (Phi) is 4.75. The number of carbonyl (C=O) groups excluding carboxylic acids is 1. The lowest BCUT2D eigenvalue weighted by atomic mass is 10.2. The van der Waals surface area contributed by atoms with Crippen LogP contribution in [0.1, 0.15) is 26.5 Å². The molecule has 0 unspecified atom stereocenters. The van der Waals surface area contributed by atoms with Gasteiger partial charge >= 0.3 is 6.18 Å². The average molecular weight is 288 g/mol. The van der Waals surface area contributed by atoms with E-state index in [0.717, 1.165) is 0 Å². The lowest BCUT2D eigenvalue weighted by molar-refractivity contribution is -0.140. The van der Waals surface area contributed by atoms with E-state index in [1.807, 2.05) is 20.8 Å². The summed E-state index contributed by atoms with van der Waals surface area (Å²) in [5.74, 6) is 0. The minimum absolute atomic E-state index is 0.106. The van der Waals surface area contributed by atoms with Gasteiger partial charge in [-0.1, -0.05) is 18.2 Å². The van der Waals surface area contributed by atoms with Gasteiger partial charge in [-0.3, -0.25) is 9.89 Å². The van der Waals surface area contributed by atoms with Crippen molar-refractivity contribution in [1.82, 2.24) is 10.2 Å². The first kappa shape index (κ1) is 16.0. The second-order valence-corrected chi connectivity index (χ2v) is 4.94. The molecular formula is C13H15F3N2O2. The van der Waals surface area contributed by atoms with Crippen LogP contribution in [-0.4, -0.2) is 22.3 Å². The molecule has 2 rings (SSSR count). The molecule has 2 aromatic rings. The van der Waals surface area contributed by atoms with E-state index in [4.69, 9.17) is 0 Å². The number of rotatable bonds is 1. The molecular weight excluding hydrogens is 273 g/mol. The maximum atomic E-state index is 12.3. The monoisotopic (exact) mass is 288 g/mol. The van der Waals surface area contributed by atoms with Crippen molar-refractivity contribution in [3.8, 4) is 0 Å². The third kappa shape index (κ3) is 4.56. The van der Waals surface area contributed by atoms with Gasteiger partial charge in [0.2, 0.25) is 0 Å². The molecule has 1 aromatic heterocycles. The normalized spacial score (nSPS) is 11.7. The van der Waals surface area contributed by atoms with Gasteiger partial charge in [-0.05, 0) is 26.8 Å². The molecule has 0 fully saturated rings. The highest BCUT2D eigenvalue weighted by atomic mass is 19.4. The second kappa shape index (κ2) is 5.94. The predicted octanol–water partition coefficient (Wildman–Crippen LogP) is 3.54. The summed E-state index contributed by atoms with van der Waals surface area (Å²) in [5, 5.41) is 5.65. The number of aromatic amines is 1. The van der Waals surface area contributed by atoms with Gasteiger partial charge in [-0.2, -0.15) is 18.3 Å². The van der Waals surface area contributed by atoms with E-state index in [9.17, 15) is 18.0 Å². The van der Waals surface area contributed by atoms with Crippen LogP contribution < -0.4 is 0 Å². The number of fused-ring (bicyclic) bond motifs is 1. The lowest BCUT2D eigenvalue weighted by Crippen LogP contribution is -2.17. The minimum Gasteiger partial charge on any atom is -0.462 e. The van der Waals surface area contributed by atoms with E-state index >= 15 is 0 Å². The fraction of sp³-hybridized carbons (Fsp3) is 0.385. The second-order valence-electron chi connectivity index (χ2n) is 4.94. The molecule has 4 nitrogen and oxygen atoms in total. The lowest BCUT2D eigenvalue weighted by Gasteiger charge is -2.14. The van der Waals surface area contributed by atoms with E-state index in [2.05, 4.69) is 14.9 Å². The van der Waals surface area contributed by atoms with Crippen LogP contribution in [0.15, 0.2) is 24.3 Å². The number of hydrogen-bond donors (Lipinski definition) is 1. The van der Waals surface area contributed by atoms with Crippen LogP contribution in [-0.2, 0) is 15.7 Å². The van der Waals surface area contributed by atoms with Gasteiger partial charge in [0.05, 0.1) is 5.52 Å². The number of para-hydroxylation sites is 1. The Balaban J connectivity index is 0.000000246. The number of H-pyrrole nitrogens is 1. The highest BCUT2D eigenvalue weighted by molar-refractivity contribution is 5.81. The van der Waals surface area contributed by atoms with Crippen molar-refractivity contribution in [2.75, 3.05) is 0 Å². The van der Waals surface area contributed by atoms with E-state index in [1.54, 1.807) is 18.2 Å². The number of hydrogen-bond acceptors (Lipinski definition) is 3. The third-order valence-electron chi connectivity index (χ3n) is 2.14. The number of halogens is 3. The van der Waals surface area contributed by atoms with Crippen molar-refractivity contribution in [3.05, 3.63) is 30.0 Å². The highest BCUT2D eigenvalue weighted by Crippen LogP contribution is 2.32. The Morgan fingerprint density at radius 2 is 1.80 bits per heavy atom. The van der Waals surface area contributed by atoms with Crippen molar-refractivity contribution in [2.24, 2.45) is 0 Å². The van der Waals surface area contributed by atoms with Gasteiger partial charge in [0, 0.05) is 5.39 Å². The first-order valence-electron chi connectivity index (χ1n) is 5.77. The van der Waals surface area contributed by atoms with Gasteiger partial charge in [-0.15, -0.1) is 0 Å². The first-order valence-corrected chi connectivity index (χ1v) is 5.77. The molecule has 0 saturated carbocycles. The summed E-state index contributed by atoms with van der Waals surface area (Å²) in [5.41, 5.74) is -0.778. The predicted molar refractivity (Wildman–Crippen MR) is 68.0 cm³/mol. The van der Waals surface area contributed by atoms with Crippen LogP contribution in [0.3, 0.4) is 0 Å². The smallest absolute Gasteiger partial charge is 0.435 e. The molecule has 0 aliphatic carbocycles. The summed E-state index contributed by atoms with van der Waals surface area (Å²) in [6, 6.07) is 6.15. The van der Waals surface area contributed by atoms with Crippen molar-refractivity contribution in [1.29, 1.82) is 0 Å². The maximum Gasteiger partial charge on any atom is 0.435 e. The van der Waals surface area contributed by atoms with Crippen LogP contribution in [0.4, 0.5) is 13.2 Å². The zero-order valence-electron chi connectivity index (χ0n) is 11.3. The van der Waals surface area contributed by atoms with Gasteiger partial charge in [-0.25, -0.2) is 0 Å². The Morgan fingerprint density at radius 1 is 1.20 bits per heavy atom. The molecule has 1 heterocycles. The summed E-state index contributed by atoms with van der Waals surface area (Å²) in [7, 11) is 0. The van der Waals surface area contributed by atoms with E-state index in [1.165, 1.54) is 6.07 Å². The van der Waals surface area contributed by atoms with Crippen LogP contribution in [0.2, 0.25) is 0 Å². The quantitative estimate of drug-likeness (QED) is 0.817. The van der Waals surface area contributed by atoms with Crippen LogP contribution >= 0.6 is 0 Å². The van der Waals surface area contributed by atoms with Crippen molar-refractivity contribution in [3.63, 3.8) is 0 Å². The zero-order chi connectivity index (χ0) is 15.4. The van der Waals surface area contributed by atoms with Crippen LogP contribution in [0.25, 0.3) is 10.9 Å². The molecule has 0 aliphatic rings. The van der Waals surface area contributed by atoms with Gasteiger partial charge < -0.3 is 4.74 Å². The van der Waals surface area contributed by atoms with E-state index < -0.39 is 11.9 Å². The standard InChI is InChI=1S/C8H5F3N2.C5H10O2/c9-8(10,11)7-5-3-1-2-4-6(5)12-13-7;1-5(2,3)7-4-6/h1-4H,(H,12,13);4H,1-3H3. The van der Waals surface area contributed by atoms with Gasteiger partial charge in [0.15, 0.2) is 5.69 Å². The summed E-state index contributed by atoms with van der Waals surface area (Å²) >= 11 is 0. The van der Waals surface area contributed by atoms with Crippen molar-refractivity contribution in [2.45, 2.75) is 32.5 Å². The fourth-order valence-corrected chi connectivity index (χ4v) is 1.32. The van der Waals surface area contributed by atoms with E-state index in [0.29, 0.717) is 12.0 Å². The molecule has 0 saturated heterocycles. The largest absolute Gasteiger partial charge is 0.462 e. The van der Waals surface area contributed by atoms with Gasteiger partial charge in [0.25, 0.3) is 6.47 Å².